The lowest BCUT2D eigenvalue weighted by Gasteiger charge is -2.15. The van der Waals surface area contributed by atoms with Gasteiger partial charge in [-0.3, -0.25) is 0 Å². The van der Waals surface area contributed by atoms with Gasteiger partial charge in [-0.25, -0.2) is 0 Å². The Bertz CT molecular complexity index is 2370. The summed E-state index contributed by atoms with van der Waals surface area (Å²) in [6.45, 7) is 0. The van der Waals surface area contributed by atoms with Gasteiger partial charge in [0.2, 0.25) is 0 Å². The number of nitrogens with zero attached hydrogens (tertiary/aromatic N) is 4. The van der Waals surface area contributed by atoms with Crippen LogP contribution >= 0.6 is 0 Å². The lowest BCUT2D eigenvalue weighted by Crippen LogP contribution is -1.99. The van der Waals surface area contributed by atoms with Crippen molar-refractivity contribution in [3.05, 3.63) is 145 Å². The Kier molecular flexibility index (Phi) is 5.22. The quantitative estimate of drug-likeness (QED) is 0.227. The summed E-state index contributed by atoms with van der Waals surface area (Å²) >= 11 is 0. The Labute approximate surface area is 242 Å². The number of nitriles is 2. The summed E-state index contributed by atoms with van der Waals surface area (Å²) in [5.74, 6) is 0. The Hall–Kier alpha value is -6.10. The van der Waals surface area contributed by atoms with Gasteiger partial charge >= 0.3 is 0 Å². The number of benzene rings is 6. The fraction of sp³-hybridized carbons (Fsp3) is 0. The first-order chi connectivity index (χ1) is 20.7. The Morgan fingerprint density at radius 3 is 1.55 bits per heavy atom. The van der Waals surface area contributed by atoms with E-state index < -0.39 is 0 Å². The van der Waals surface area contributed by atoms with E-state index in [0.717, 1.165) is 44.3 Å². The molecule has 194 valence electrons. The van der Waals surface area contributed by atoms with E-state index in [1.165, 1.54) is 21.8 Å². The van der Waals surface area contributed by atoms with Crippen LogP contribution < -0.4 is 0 Å². The molecule has 0 amide bonds. The Balaban J connectivity index is 1.35. The number of hydrogen-bond acceptors (Lipinski definition) is 2. The molecule has 4 heteroatoms. The van der Waals surface area contributed by atoms with Crippen molar-refractivity contribution in [3.8, 4) is 34.6 Å². The lowest BCUT2D eigenvalue weighted by molar-refractivity contribution is 1.17. The van der Waals surface area contributed by atoms with Gasteiger partial charge in [0, 0.05) is 32.8 Å². The Morgan fingerprint density at radius 2 is 0.929 bits per heavy atom. The first-order valence-corrected chi connectivity index (χ1v) is 13.8. The largest absolute Gasteiger partial charge is 0.309 e. The minimum Gasteiger partial charge on any atom is -0.309 e. The highest BCUT2D eigenvalue weighted by molar-refractivity contribution is 6.11. The molecular formula is C38H22N4. The molecule has 0 N–H and O–H groups in total. The summed E-state index contributed by atoms with van der Waals surface area (Å²) in [4.78, 5) is 0. The molecule has 42 heavy (non-hydrogen) atoms. The predicted octanol–water partition coefficient (Wildman–Crippen LogP) is 9.29. The predicted molar refractivity (Wildman–Crippen MR) is 170 cm³/mol. The first-order valence-electron chi connectivity index (χ1n) is 13.8. The molecule has 6 aromatic carbocycles. The zero-order chi connectivity index (χ0) is 28.2. The van der Waals surface area contributed by atoms with E-state index in [1.807, 2.05) is 48.5 Å². The third-order valence-corrected chi connectivity index (χ3v) is 8.19. The summed E-state index contributed by atoms with van der Waals surface area (Å²) in [5.41, 5.74) is 9.68. The smallest absolute Gasteiger partial charge is 0.0992 e. The lowest BCUT2D eigenvalue weighted by atomic mass is 10.0. The molecule has 0 aliphatic heterocycles. The average molecular weight is 535 g/mol. The van der Waals surface area contributed by atoms with Crippen LogP contribution in [0.1, 0.15) is 11.1 Å². The summed E-state index contributed by atoms with van der Waals surface area (Å²) in [5, 5.41) is 24.0. The zero-order valence-corrected chi connectivity index (χ0v) is 22.5. The van der Waals surface area contributed by atoms with E-state index in [4.69, 9.17) is 0 Å². The maximum absolute atomic E-state index is 9.83. The molecule has 0 saturated carbocycles. The highest BCUT2D eigenvalue weighted by Gasteiger charge is 2.17. The van der Waals surface area contributed by atoms with Crippen molar-refractivity contribution in [3.63, 3.8) is 0 Å². The van der Waals surface area contributed by atoms with E-state index >= 15 is 0 Å². The molecule has 0 saturated heterocycles. The second-order valence-electron chi connectivity index (χ2n) is 10.5. The number of aromatic nitrogens is 2. The van der Waals surface area contributed by atoms with Crippen LogP contribution in [0.4, 0.5) is 0 Å². The van der Waals surface area contributed by atoms with Crippen molar-refractivity contribution in [2.45, 2.75) is 0 Å². The van der Waals surface area contributed by atoms with Gasteiger partial charge < -0.3 is 9.13 Å². The minimum absolute atomic E-state index is 0.593. The first kappa shape index (κ1) is 23.8. The molecular weight excluding hydrogens is 512 g/mol. The van der Waals surface area contributed by atoms with Crippen LogP contribution in [0.3, 0.4) is 0 Å². The van der Waals surface area contributed by atoms with Crippen molar-refractivity contribution in [2.75, 3.05) is 0 Å². The van der Waals surface area contributed by atoms with E-state index in [2.05, 4.69) is 106 Å². The van der Waals surface area contributed by atoms with E-state index in [9.17, 15) is 10.5 Å². The van der Waals surface area contributed by atoms with Crippen LogP contribution in [0.25, 0.3) is 66.1 Å². The third-order valence-electron chi connectivity index (χ3n) is 8.19. The molecule has 0 unspecified atom stereocenters. The second kappa shape index (κ2) is 9.24. The van der Waals surface area contributed by atoms with E-state index in [0.29, 0.717) is 11.1 Å². The fourth-order valence-electron chi connectivity index (χ4n) is 6.32. The molecule has 0 radical (unpaired) electrons. The van der Waals surface area contributed by atoms with Gasteiger partial charge in [0.15, 0.2) is 0 Å². The van der Waals surface area contributed by atoms with Crippen LogP contribution in [-0.2, 0) is 0 Å². The molecule has 0 aliphatic rings. The monoisotopic (exact) mass is 534 g/mol. The van der Waals surface area contributed by atoms with Crippen molar-refractivity contribution in [1.82, 2.24) is 9.13 Å². The van der Waals surface area contributed by atoms with Crippen LogP contribution in [-0.4, -0.2) is 9.13 Å². The summed E-state index contributed by atoms with van der Waals surface area (Å²) in [6, 6.07) is 50.2. The van der Waals surface area contributed by atoms with Crippen LogP contribution in [0.15, 0.2) is 133 Å². The number of para-hydroxylation sites is 3. The molecule has 8 aromatic rings. The average Bonchev–Trinajstić information content (AvgIpc) is 3.57. The van der Waals surface area contributed by atoms with Crippen LogP contribution in [0.5, 0.6) is 0 Å². The second-order valence-corrected chi connectivity index (χ2v) is 10.5. The van der Waals surface area contributed by atoms with Crippen molar-refractivity contribution >= 4 is 43.6 Å². The molecule has 0 atom stereocenters. The standard InChI is InChI=1S/C38H22N4/c39-23-25-14-20-37-33(21-25)32-9-3-6-12-36(32)42(37)38-22-26(24-40)13-19-29(38)27-15-17-28(18-16-27)41-34-10-4-1-7-30(34)31-8-2-5-11-35(31)41/h1-22H. The topological polar surface area (TPSA) is 57.4 Å². The zero-order valence-electron chi connectivity index (χ0n) is 22.5. The van der Waals surface area contributed by atoms with Gasteiger partial charge in [0.1, 0.15) is 0 Å². The molecule has 2 heterocycles. The van der Waals surface area contributed by atoms with Gasteiger partial charge in [-0.15, -0.1) is 0 Å². The van der Waals surface area contributed by atoms with Gasteiger partial charge in [0.25, 0.3) is 0 Å². The number of rotatable bonds is 3. The van der Waals surface area contributed by atoms with E-state index in [1.54, 1.807) is 0 Å². The number of fused-ring (bicyclic) bond motifs is 6. The normalized spacial score (nSPS) is 11.3. The molecule has 8 rings (SSSR count). The molecule has 2 aromatic heterocycles. The van der Waals surface area contributed by atoms with Gasteiger partial charge in [-0.05, 0) is 66.2 Å². The highest BCUT2D eigenvalue weighted by atomic mass is 15.0. The number of hydrogen-bond donors (Lipinski definition) is 0. The van der Waals surface area contributed by atoms with Gasteiger partial charge in [-0.2, -0.15) is 10.5 Å². The molecule has 0 bridgehead atoms. The van der Waals surface area contributed by atoms with E-state index in [-0.39, 0.29) is 0 Å². The van der Waals surface area contributed by atoms with Crippen molar-refractivity contribution in [2.24, 2.45) is 0 Å². The van der Waals surface area contributed by atoms with Crippen LogP contribution in [0, 0.1) is 22.7 Å². The molecule has 4 nitrogen and oxygen atoms in total. The van der Waals surface area contributed by atoms with Crippen LogP contribution in [0.2, 0.25) is 0 Å². The van der Waals surface area contributed by atoms with Crippen molar-refractivity contribution < 1.29 is 0 Å². The molecule has 0 spiro atoms. The third kappa shape index (κ3) is 3.47. The Morgan fingerprint density at radius 1 is 0.429 bits per heavy atom. The van der Waals surface area contributed by atoms with Crippen molar-refractivity contribution in [1.29, 1.82) is 10.5 Å². The van der Waals surface area contributed by atoms with Gasteiger partial charge in [0.05, 0.1) is 51.0 Å². The highest BCUT2D eigenvalue weighted by Crippen LogP contribution is 2.38. The molecule has 0 aliphatic carbocycles. The fourth-order valence-corrected chi connectivity index (χ4v) is 6.32. The minimum atomic E-state index is 0.593. The molecule has 0 fully saturated rings. The SMILES string of the molecule is N#Cc1ccc(-c2ccc(-n3c4ccccc4c4ccccc43)cc2)c(-n2c3ccccc3c3cc(C#N)ccc32)c1. The summed E-state index contributed by atoms with van der Waals surface area (Å²) in [7, 11) is 0. The maximum atomic E-state index is 9.83. The maximum Gasteiger partial charge on any atom is 0.0992 e. The van der Waals surface area contributed by atoms with Gasteiger partial charge in [-0.1, -0.05) is 72.8 Å². The summed E-state index contributed by atoms with van der Waals surface area (Å²) in [6.07, 6.45) is 0. The summed E-state index contributed by atoms with van der Waals surface area (Å²) < 4.78 is 4.52.